The van der Waals surface area contributed by atoms with Crippen LogP contribution in [-0.4, -0.2) is 10.2 Å². The van der Waals surface area contributed by atoms with Crippen LogP contribution in [0, 0.1) is 6.92 Å². The van der Waals surface area contributed by atoms with Crippen LogP contribution in [0.2, 0.25) is 5.02 Å². The summed E-state index contributed by atoms with van der Waals surface area (Å²) in [5, 5.41) is 9.41. The van der Waals surface area contributed by atoms with Crippen molar-refractivity contribution in [2.75, 3.05) is 5.73 Å². The van der Waals surface area contributed by atoms with Crippen LogP contribution in [-0.2, 0) is 0 Å². The van der Waals surface area contributed by atoms with Gasteiger partial charge < -0.3 is 5.73 Å². The standard InChI is InChI=1S/C15H12ClN3/c1-9-6-10(2-4-14(9)17)11-3-5-15-12(7-11)13(16)8-18-19-15/h2-8H,17H2,1H3. The monoisotopic (exact) mass is 269 g/mol. The number of nitrogens with two attached hydrogens (primary N) is 1. The van der Waals surface area contributed by atoms with Gasteiger partial charge in [-0.15, -0.1) is 0 Å². The number of anilines is 1. The van der Waals surface area contributed by atoms with Crippen molar-refractivity contribution in [3.63, 3.8) is 0 Å². The number of rotatable bonds is 1. The SMILES string of the molecule is Cc1cc(-c2ccc3nncc(Cl)c3c2)ccc1N. The number of fused-ring (bicyclic) bond motifs is 1. The smallest absolute Gasteiger partial charge is 0.0945 e. The van der Waals surface area contributed by atoms with Crippen molar-refractivity contribution in [1.82, 2.24) is 10.2 Å². The fourth-order valence-electron chi connectivity index (χ4n) is 2.06. The van der Waals surface area contributed by atoms with Crippen molar-refractivity contribution in [2.24, 2.45) is 0 Å². The predicted molar refractivity (Wildman–Crippen MR) is 79.1 cm³/mol. The number of hydrogen-bond donors (Lipinski definition) is 1. The van der Waals surface area contributed by atoms with Crippen molar-refractivity contribution in [1.29, 1.82) is 0 Å². The summed E-state index contributed by atoms with van der Waals surface area (Å²) in [4.78, 5) is 0. The fourth-order valence-corrected chi connectivity index (χ4v) is 2.26. The number of hydrogen-bond acceptors (Lipinski definition) is 3. The molecule has 19 heavy (non-hydrogen) atoms. The first kappa shape index (κ1) is 11.9. The molecule has 3 nitrogen and oxygen atoms in total. The Hall–Kier alpha value is -2.13. The lowest BCUT2D eigenvalue weighted by atomic mass is 10.0. The van der Waals surface area contributed by atoms with Gasteiger partial charge in [0, 0.05) is 11.1 Å². The zero-order valence-electron chi connectivity index (χ0n) is 10.4. The van der Waals surface area contributed by atoms with E-state index in [0.29, 0.717) is 5.02 Å². The minimum Gasteiger partial charge on any atom is -0.399 e. The van der Waals surface area contributed by atoms with Gasteiger partial charge in [-0.05, 0) is 47.9 Å². The second kappa shape index (κ2) is 4.52. The first-order valence-electron chi connectivity index (χ1n) is 5.92. The van der Waals surface area contributed by atoms with Crippen LogP contribution in [0.25, 0.3) is 22.0 Å². The van der Waals surface area contributed by atoms with Gasteiger partial charge in [0.15, 0.2) is 0 Å². The summed E-state index contributed by atoms with van der Waals surface area (Å²) < 4.78 is 0. The lowest BCUT2D eigenvalue weighted by molar-refractivity contribution is 1.08. The first-order chi connectivity index (χ1) is 9.15. The molecule has 0 aliphatic rings. The molecule has 1 heterocycles. The molecule has 3 aromatic rings. The van der Waals surface area contributed by atoms with Gasteiger partial charge in [-0.1, -0.05) is 23.7 Å². The molecule has 0 amide bonds. The van der Waals surface area contributed by atoms with Crippen molar-refractivity contribution in [3.05, 3.63) is 53.2 Å². The quantitative estimate of drug-likeness (QED) is 0.683. The van der Waals surface area contributed by atoms with E-state index in [1.807, 2.05) is 37.3 Å². The van der Waals surface area contributed by atoms with E-state index in [0.717, 1.165) is 33.3 Å². The molecule has 0 fully saturated rings. The Labute approximate surface area is 116 Å². The van der Waals surface area contributed by atoms with Crippen LogP contribution in [0.15, 0.2) is 42.6 Å². The van der Waals surface area contributed by atoms with E-state index in [2.05, 4.69) is 16.3 Å². The molecule has 0 bridgehead atoms. The Kier molecular flexibility index (Phi) is 2.84. The first-order valence-corrected chi connectivity index (χ1v) is 6.30. The molecule has 1 aromatic heterocycles. The summed E-state index contributed by atoms with van der Waals surface area (Å²) in [5.41, 5.74) is 10.7. The zero-order valence-corrected chi connectivity index (χ0v) is 11.1. The number of nitrogens with zero attached hydrogens (tertiary/aromatic N) is 2. The largest absolute Gasteiger partial charge is 0.399 e. The second-order valence-corrected chi connectivity index (χ2v) is 4.90. The third-order valence-corrected chi connectivity index (χ3v) is 3.49. The Morgan fingerprint density at radius 3 is 2.58 bits per heavy atom. The zero-order chi connectivity index (χ0) is 13.4. The van der Waals surface area contributed by atoms with E-state index in [1.165, 1.54) is 0 Å². The summed E-state index contributed by atoms with van der Waals surface area (Å²) in [7, 11) is 0. The van der Waals surface area contributed by atoms with Crippen LogP contribution >= 0.6 is 11.6 Å². The van der Waals surface area contributed by atoms with Gasteiger partial charge in [0.1, 0.15) is 0 Å². The molecule has 0 spiro atoms. The summed E-state index contributed by atoms with van der Waals surface area (Å²) in [6.45, 7) is 2.00. The summed E-state index contributed by atoms with van der Waals surface area (Å²) in [5.74, 6) is 0. The molecule has 0 aliphatic carbocycles. The average Bonchev–Trinajstić information content (AvgIpc) is 2.42. The molecule has 0 aliphatic heterocycles. The summed E-state index contributed by atoms with van der Waals surface area (Å²) >= 11 is 6.15. The van der Waals surface area contributed by atoms with Gasteiger partial charge in [0.05, 0.1) is 16.7 Å². The Morgan fingerprint density at radius 1 is 1.05 bits per heavy atom. The van der Waals surface area contributed by atoms with Gasteiger partial charge in [-0.3, -0.25) is 0 Å². The van der Waals surface area contributed by atoms with Gasteiger partial charge in [-0.2, -0.15) is 10.2 Å². The minimum atomic E-state index is 0.610. The highest BCUT2D eigenvalue weighted by atomic mass is 35.5. The van der Waals surface area contributed by atoms with E-state index < -0.39 is 0 Å². The molecule has 0 saturated heterocycles. The number of halogens is 1. The number of benzene rings is 2. The van der Waals surface area contributed by atoms with Crippen LogP contribution in [0.5, 0.6) is 0 Å². The number of aryl methyl sites for hydroxylation is 1. The van der Waals surface area contributed by atoms with E-state index in [-0.39, 0.29) is 0 Å². The normalized spacial score (nSPS) is 10.8. The van der Waals surface area contributed by atoms with Crippen LogP contribution in [0.3, 0.4) is 0 Å². The molecule has 4 heteroatoms. The molecule has 94 valence electrons. The predicted octanol–water partition coefficient (Wildman–Crippen LogP) is 3.84. The Balaban J connectivity index is 2.20. The number of nitrogen functional groups attached to an aromatic ring is 1. The second-order valence-electron chi connectivity index (χ2n) is 4.50. The summed E-state index contributed by atoms with van der Waals surface area (Å²) in [6.07, 6.45) is 1.56. The summed E-state index contributed by atoms with van der Waals surface area (Å²) in [6, 6.07) is 12.0. The van der Waals surface area contributed by atoms with Gasteiger partial charge in [0.2, 0.25) is 0 Å². The van der Waals surface area contributed by atoms with Crippen molar-refractivity contribution in [3.8, 4) is 11.1 Å². The highest BCUT2D eigenvalue weighted by Crippen LogP contribution is 2.28. The highest BCUT2D eigenvalue weighted by Gasteiger charge is 2.05. The topological polar surface area (TPSA) is 51.8 Å². The maximum atomic E-state index is 6.15. The molecule has 0 unspecified atom stereocenters. The molecule has 3 rings (SSSR count). The lowest BCUT2D eigenvalue weighted by Crippen LogP contribution is -1.90. The molecular weight excluding hydrogens is 258 g/mol. The van der Waals surface area contributed by atoms with Gasteiger partial charge in [-0.25, -0.2) is 0 Å². The van der Waals surface area contributed by atoms with E-state index >= 15 is 0 Å². The van der Waals surface area contributed by atoms with Gasteiger partial charge >= 0.3 is 0 Å². The molecule has 2 N–H and O–H groups in total. The maximum absolute atomic E-state index is 6.15. The number of aromatic nitrogens is 2. The molecule has 0 atom stereocenters. The van der Waals surface area contributed by atoms with Crippen molar-refractivity contribution >= 4 is 28.2 Å². The maximum Gasteiger partial charge on any atom is 0.0945 e. The molecule has 0 saturated carbocycles. The van der Waals surface area contributed by atoms with Crippen molar-refractivity contribution < 1.29 is 0 Å². The minimum absolute atomic E-state index is 0.610. The molecular formula is C15H12ClN3. The van der Waals surface area contributed by atoms with Crippen LogP contribution in [0.4, 0.5) is 5.69 Å². The average molecular weight is 270 g/mol. The third kappa shape index (κ3) is 2.13. The van der Waals surface area contributed by atoms with Crippen LogP contribution in [0.1, 0.15) is 5.56 Å². The Morgan fingerprint density at radius 2 is 1.79 bits per heavy atom. The molecule has 2 aromatic carbocycles. The lowest BCUT2D eigenvalue weighted by Gasteiger charge is -2.07. The van der Waals surface area contributed by atoms with Gasteiger partial charge in [0.25, 0.3) is 0 Å². The van der Waals surface area contributed by atoms with Crippen LogP contribution < -0.4 is 5.73 Å². The van der Waals surface area contributed by atoms with Crippen molar-refractivity contribution in [2.45, 2.75) is 6.92 Å². The molecule has 0 radical (unpaired) electrons. The van der Waals surface area contributed by atoms with E-state index in [9.17, 15) is 0 Å². The Bertz CT molecular complexity index is 768. The van der Waals surface area contributed by atoms with E-state index in [4.69, 9.17) is 17.3 Å². The fraction of sp³-hybridized carbons (Fsp3) is 0.0667. The third-order valence-electron chi connectivity index (χ3n) is 3.19. The highest BCUT2D eigenvalue weighted by molar-refractivity contribution is 6.35. The van der Waals surface area contributed by atoms with E-state index in [1.54, 1.807) is 6.20 Å².